The van der Waals surface area contributed by atoms with Crippen molar-refractivity contribution in [3.8, 4) is 0 Å². The van der Waals surface area contributed by atoms with Crippen molar-refractivity contribution in [2.24, 2.45) is 23.6 Å². The molecule has 6 nitrogen and oxygen atoms in total. The van der Waals surface area contributed by atoms with E-state index in [1.165, 1.54) is 4.90 Å². The molecule has 0 spiro atoms. The van der Waals surface area contributed by atoms with E-state index in [9.17, 15) is 9.59 Å². The first-order chi connectivity index (χ1) is 10.1. The standard InChI is InChI=1S/C15H20N4O2/c1-2-9-6-11-12(7-9)15(21)19(14(11)20)8-10-4-3-5-13(17-10)18-16/h3-5,9,11-12H,2,6-8,16H2,1H3,(H,17,18). The second-order valence-electron chi connectivity index (χ2n) is 5.88. The summed E-state index contributed by atoms with van der Waals surface area (Å²) in [6.45, 7) is 2.35. The van der Waals surface area contributed by atoms with Gasteiger partial charge in [-0.15, -0.1) is 0 Å². The molecule has 1 aromatic rings. The fraction of sp³-hybridized carbons (Fsp3) is 0.533. The minimum atomic E-state index is -0.113. The molecular formula is C15H20N4O2. The normalized spacial score (nSPS) is 28.1. The highest BCUT2D eigenvalue weighted by Crippen LogP contribution is 2.44. The van der Waals surface area contributed by atoms with Crippen molar-refractivity contribution in [3.63, 3.8) is 0 Å². The SMILES string of the molecule is CCC1CC2C(=O)N(Cc3cccc(NN)n3)C(=O)C2C1. The van der Waals surface area contributed by atoms with Crippen LogP contribution < -0.4 is 11.3 Å². The van der Waals surface area contributed by atoms with Gasteiger partial charge in [0.05, 0.1) is 24.1 Å². The van der Waals surface area contributed by atoms with Crippen LogP contribution in [0.4, 0.5) is 5.82 Å². The van der Waals surface area contributed by atoms with Crippen LogP contribution in [0.5, 0.6) is 0 Å². The highest BCUT2D eigenvalue weighted by atomic mass is 16.2. The Morgan fingerprint density at radius 3 is 2.52 bits per heavy atom. The molecule has 3 rings (SSSR count). The Morgan fingerprint density at radius 2 is 1.95 bits per heavy atom. The van der Waals surface area contributed by atoms with E-state index in [-0.39, 0.29) is 30.2 Å². The molecule has 0 radical (unpaired) electrons. The molecule has 0 bridgehead atoms. The van der Waals surface area contributed by atoms with Gasteiger partial charge < -0.3 is 5.43 Å². The molecular weight excluding hydrogens is 268 g/mol. The maximum absolute atomic E-state index is 12.5. The minimum absolute atomic E-state index is 0.0335. The third kappa shape index (κ3) is 2.40. The summed E-state index contributed by atoms with van der Waals surface area (Å²) in [5, 5.41) is 0. The molecule has 1 aliphatic heterocycles. The lowest BCUT2D eigenvalue weighted by atomic mass is 10.00. The zero-order chi connectivity index (χ0) is 15.0. The summed E-state index contributed by atoms with van der Waals surface area (Å²) in [6.07, 6.45) is 2.74. The number of nitrogen functional groups attached to an aromatic ring is 1. The van der Waals surface area contributed by atoms with Gasteiger partial charge in [-0.1, -0.05) is 19.4 Å². The molecule has 2 amide bonds. The van der Waals surface area contributed by atoms with Gasteiger partial charge in [-0.3, -0.25) is 14.5 Å². The van der Waals surface area contributed by atoms with Gasteiger partial charge in [-0.25, -0.2) is 10.8 Å². The number of aromatic nitrogens is 1. The van der Waals surface area contributed by atoms with Crippen LogP contribution in [0.2, 0.25) is 0 Å². The zero-order valence-corrected chi connectivity index (χ0v) is 12.1. The topological polar surface area (TPSA) is 88.3 Å². The van der Waals surface area contributed by atoms with Crippen LogP contribution in [-0.2, 0) is 16.1 Å². The average molecular weight is 288 g/mol. The third-order valence-electron chi connectivity index (χ3n) is 4.68. The third-order valence-corrected chi connectivity index (χ3v) is 4.68. The number of carbonyl (C=O) groups excluding carboxylic acids is 2. The Bertz CT molecular complexity index is 551. The number of hydrogen-bond acceptors (Lipinski definition) is 5. The maximum atomic E-state index is 12.5. The molecule has 21 heavy (non-hydrogen) atoms. The number of nitrogens with zero attached hydrogens (tertiary/aromatic N) is 2. The molecule has 1 saturated heterocycles. The predicted molar refractivity (Wildman–Crippen MR) is 77.6 cm³/mol. The Kier molecular flexibility index (Phi) is 3.63. The van der Waals surface area contributed by atoms with Crippen molar-refractivity contribution < 1.29 is 9.59 Å². The van der Waals surface area contributed by atoms with E-state index in [2.05, 4.69) is 17.3 Å². The summed E-state index contributed by atoms with van der Waals surface area (Å²) < 4.78 is 0. The number of anilines is 1. The summed E-state index contributed by atoms with van der Waals surface area (Å²) >= 11 is 0. The van der Waals surface area contributed by atoms with Gasteiger partial charge in [0.1, 0.15) is 5.82 Å². The number of pyridine rings is 1. The van der Waals surface area contributed by atoms with Gasteiger partial charge in [0.25, 0.3) is 0 Å². The summed E-state index contributed by atoms with van der Waals surface area (Å²) in [7, 11) is 0. The molecule has 1 saturated carbocycles. The van der Waals surface area contributed by atoms with Gasteiger partial charge in [0.2, 0.25) is 11.8 Å². The minimum Gasteiger partial charge on any atom is -0.308 e. The highest BCUT2D eigenvalue weighted by Gasteiger charge is 2.52. The number of rotatable bonds is 4. The maximum Gasteiger partial charge on any atom is 0.233 e. The van der Waals surface area contributed by atoms with Gasteiger partial charge in [0, 0.05) is 0 Å². The van der Waals surface area contributed by atoms with Gasteiger partial charge >= 0.3 is 0 Å². The first kappa shape index (κ1) is 14.0. The summed E-state index contributed by atoms with van der Waals surface area (Å²) in [5.41, 5.74) is 3.13. The van der Waals surface area contributed by atoms with Crippen LogP contribution in [-0.4, -0.2) is 21.7 Å². The predicted octanol–water partition coefficient (Wildman–Crippen LogP) is 1.29. The van der Waals surface area contributed by atoms with Crippen LogP contribution in [0.15, 0.2) is 18.2 Å². The number of likely N-dealkylation sites (tertiary alicyclic amines) is 1. The largest absolute Gasteiger partial charge is 0.308 e. The molecule has 1 aromatic heterocycles. The van der Waals surface area contributed by atoms with Crippen molar-refractivity contribution in [2.75, 3.05) is 5.43 Å². The number of imide groups is 1. The number of carbonyl (C=O) groups is 2. The second-order valence-corrected chi connectivity index (χ2v) is 5.88. The molecule has 6 heteroatoms. The van der Waals surface area contributed by atoms with Crippen LogP contribution in [0.25, 0.3) is 0 Å². The van der Waals surface area contributed by atoms with Crippen LogP contribution in [0.3, 0.4) is 0 Å². The van der Waals surface area contributed by atoms with Crippen molar-refractivity contribution in [1.29, 1.82) is 0 Å². The molecule has 0 aromatic carbocycles. The van der Waals surface area contributed by atoms with Crippen LogP contribution in [0.1, 0.15) is 31.9 Å². The molecule has 2 heterocycles. The number of amides is 2. The Balaban J connectivity index is 1.75. The van der Waals surface area contributed by atoms with E-state index in [1.54, 1.807) is 18.2 Å². The lowest BCUT2D eigenvalue weighted by Crippen LogP contribution is -2.32. The smallest absolute Gasteiger partial charge is 0.233 e. The van der Waals surface area contributed by atoms with E-state index < -0.39 is 0 Å². The number of nitrogens with one attached hydrogen (secondary N) is 1. The quantitative estimate of drug-likeness (QED) is 0.495. The van der Waals surface area contributed by atoms with E-state index in [0.29, 0.717) is 17.4 Å². The molecule has 112 valence electrons. The lowest BCUT2D eigenvalue weighted by Gasteiger charge is -2.17. The fourth-order valence-electron chi connectivity index (χ4n) is 3.50. The van der Waals surface area contributed by atoms with Gasteiger partial charge in [0.15, 0.2) is 0 Å². The number of hydrogen-bond donors (Lipinski definition) is 2. The molecule has 2 atom stereocenters. The average Bonchev–Trinajstić information content (AvgIpc) is 3.03. The van der Waals surface area contributed by atoms with Crippen LogP contribution in [0, 0.1) is 17.8 Å². The second kappa shape index (κ2) is 5.44. The summed E-state index contributed by atoms with van der Waals surface area (Å²) in [4.78, 5) is 30.5. The Morgan fingerprint density at radius 1 is 1.29 bits per heavy atom. The van der Waals surface area contributed by atoms with Crippen molar-refractivity contribution in [1.82, 2.24) is 9.88 Å². The molecule has 3 N–H and O–H groups in total. The number of fused-ring (bicyclic) bond motifs is 1. The summed E-state index contributed by atoms with van der Waals surface area (Å²) in [5.74, 6) is 6.07. The Labute approximate surface area is 123 Å². The molecule has 2 aliphatic rings. The fourth-order valence-corrected chi connectivity index (χ4v) is 3.50. The number of nitrogens with two attached hydrogens (primary N) is 1. The molecule has 2 fully saturated rings. The van der Waals surface area contributed by atoms with E-state index in [4.69, 9.17) is 5.84 Å². The van der Waals surface area contributed by atoms with E-state index >= 15 is 0 Å². The van der Waals surface area contributed by atoms with E-state index in [1.807, 2.05) is 0 Å². The Hall–Kier alpha value is -1.95. The first-order valence-electron chi connectivity index (χ1n) is 7.41. The zero-order valence-electron chi connectivity index (χ0n) is 12.1. The first-order valence-corrected chi connectivity index (χ1v) is 7.41. The van der Waals surface area contributed by atoms with Crippen molar-refractivity contribution in [2.45, 2.75) is 32.7 Å². The lowest BCUT2D eigenvalue weighted by molar-refractivity contribution is -0.141. The molecule has 1 aliphatic carbocycles. The van der Waals surface area contributed by atoms with Crippen LogP contribution >= 0.6 is 0 Å². The highest BCUT2D eigenvalue weighted by molar-refractivity contribution is 6.05. The van der Waals surface area contributed by atoms with Gasteiger partial charge in [-0.05, 0) is 30.9 Å². The summed E-state index contributed by atoms with van der Waals surface area (Å²) in [6, 6.07) is 5.33. The van der Waals surface area contributed by atoms with E-state index in [0.717, 1.165) is 19.3 Å². The van der Waals surface area contributed by atoms with Crippen molar-refractivity contribution >= 4 is 17.6 Å². The number of hydrazine groups is 1. The van der Waals surface area contributed by atoms with Crippen molar-refractivity contribution in [3.05, 3.63) is 23.9 Å². The monoisotopic (exact) mass is 288 g/mol. The van der Waals surface area contributed by atoms with Gasteiger partial charge in [-0.2, -0.15) is 0 Å². The molecule has 2 unspecified atom stereocenters.